The Balaban J connectivity index is 1.38. The van der Waals surface area contributed by atoms with Crippen LogP contribution in [0.4, 0.5) is 4.39 Å². The Bertz CT molecular complexity index is 422. The molecule has 19 heavy (non-hydrogen) atoms. The van der Waals surface area contributed by atoms with E-state index in [0.29, 0.717) is 18.5 Å². The first-order valence-corrected chi connectivity index (χ1v) is 7.07. The molecule has 1 aromatic carbocycles. The SMILES string of the molecule is Fc1cccc(OCC2CCC(CNC3CC3)O2)c1. The minimum Gasteiger partial charge on any atom is -0.491 e. The summed E-state index contributed by atoms with van der Waals surface area (Å²) in [5.74, 6) is 0.305. The van der Waals surface area contributed by atoms with Gasteiger partial charge in [-0.3, -0.25) is 0 Å². The number of nitrogens with one attached hydrogen (secondary N) is 1. The summed E-state index contributed by atoms with van der Waals surface area (Å²) in [6.45, 7) is 1.45. The molecule has 1 aliphatic heterocycles. The van der Waals surface area contributed by atoms with E-state index >= 15 is 0 Å². The fraction of sp³-hybridized carbons (Fsp3) is 0.600. The quantitative estimate of drug-likeness (QED) is 0.857. The highest BCUT2D eigenvalue weighted by atomic mass is 19.1. The van der Waals surface area contributed by atoms with Gasteiger partial charge >= 0.3 is 0 Å². The second kappa shape index (κ2) is 5.88. The van der Waals surface area contributed by atoms with Gasteiger partial charge in [-0.1, -0.05) is 6.07 Å². The fourth-order valence-electron chi connectivity index (χ4n) is 2.38. The van der Waals surface area contributed by atoms with Gasteiger partial charge in [0.1, 0.15) is 18.2 Å². The van der Waals surface area contributed by atoms with Crippen LogP contribution >= 0.6 is 0 Å². The third kappa shape index (κ3) is 3.91. The van der Waals surface area contributed by atoms with Gasteiger partial charge in [-0.25, -0.2) is 4.39 Å². The van der Waals surface area contributed by atoms with E-state index in [-0.39, 0.29) is 11.9 Å². The van der Waals surface area contributed by atoms with Gasteiger partial charge in [-0.2, -0.15) is 0 Å². The zero-order valence-corrected chi connectivity index (χ0v) is 11.0. The van der Waals surface area contributed by atoms with Crippen molar-refractivity contribution in [1.82, 2.24) is 5.32 Å². The number of rotatable bonds is 6. The van der Waals surface area contributed by atoms with Gasteiger partial charge in [0.15, 0.2) is 0 Å². The van der Waals surface area contributed by atoms with Crippen LogP contribution in [0, 0.1) is 5.82 Å². The van der Waals surface area contributed by atoms with E-state index in [2.05, 4.69) is 5.32 Å². The van der Waals surface area contributed by atoms with E-state index in [1.54, 1.807) is 12.1 Å². The molecule has 1 saturated carbocycles. The van der Waals surface area contributed by atoms with Gasteiger partial charge in [0.25, 0.3) is 0 Å². The molecular weight excluding hydrogens is 245 g/mol. The van der Waals surface area contributed by atoms with E-state index < -0.39 is 0 Å². The summed E-state index contributed by atoms with van der Waals surface area (Å²) in [6.07, 6.45) is 5.15. The third-order valence-electron chi connectivity index (χ3n) is 3.64. The van der Waals surface area contributed by atoms with Crippen LogP contribution in [0.25, 0.3) is 0 Å². The maximum absolute atomic E-state index is 13.0. The number of benzene rings is 1. The average Bonchev–Trinajstić information content (AvgIpc) is 3.13. The molecule has 2 aliphatic rings. The maximum atomic E-state index is 13.0. The first-order valence-electron chi connectivity index (χ1n) is 7.07. The predicted octanol–water partition coefficient (Wildman–Crippen LogP) is 2.50. The molecule has 1 aliphatic carbocycles. The molecule has 1 heterocycles. The van der Waals surface area contributed by atoms with Crippen LogP contribution in [0.5, 0.6) is 5.75 Å². The highest BCUT2D eigenvalue weighted by molar-refractivity contribution is 5.22. The molecule has 0 aromatic heterocycles. The van der Waals surface area contributed by atoms with Crippen LogP contribution in [0.1, 0.15) is 25.7 Å². The van der Waals surface area contributed by atoms with Crippen LogP contribution < -0.4 is 10.1 Å². The molecule has 3 rings (SSSR count). The molecule has 1 N–H and O–H groups in total. The lowest BCUT2D eigenvalue weighted by molar-refractivity contribution is 0.0184. The van der Waals surface area contributed by atoms with E-state index in [9.17, 15) is 4.39 Å². The standard InChI is InChI=1S/C15H20FNO2/c16-11-2-1-3-13(8-11)18-10-15-7-6-14(19-15)9-17-12-4-5-12/h1-3,8,12,14-15,17H,4-7,9-10H2. The largest absolute Gasteiger partial charge is 0.491 e. The summed E-state index contributed by atoms with van der Waals surface area (Å²) >= 11 is 0. The molecule has 2 atom stereocenters. The zero-order valence-electron chi connectivity index (χ0n) is 11.0. The van der Waals surface area contributed by atoms with Crippen LogP contribution in [0.15, 0.2) is 24.3 Å². The van der Waals surface area contributed by atoms with E-state index in [1.165, 1.54) is 25.0 Å². The Kier molecular flexibility index (Phi) is 3.99. The van der Waals surface area contributed by atoms with Gasteiger partial charge in [0.05, 0.1) is 12.2 Å². The van der Waals surface area contributed by atoms with Crippen LogP contribution in [-0.2, 0) is 4.74 Å². The molecule has 0 radical (unpaired) electrons. The van der Waals surface area contributed by atoms with Crippen molar-refractivity contribution in [3.05, 3.63) is 30.1 Å². The molecule has 4 heteroatoms. The molecule has 104 valence electrons. The van der Waals surface area contributed by atoms with Crippen molar-refractivity contribution in [3.63, 3.8) is 0 Å². The lowest BCUT2D eigenvalue weighted by atomic mass is 10.2. The average molecular weight is 265 g/mol. The van der Waals surface area contributed by atoms with Gasteiger partial charge in [-0.05, 0) is 37.8 Å². The summed E-state index contributed by atoms with van der Waals surface area (Å²) in [7, 11) is 0. The molecular formula is C15H20FNO2. The number of ether oxygens (including phenoxy) is 2. The second-order valence-electron chi connectivity index (χ2n) is 5.41. The Labute approximate surface area is 113 Å². The van der Waals surface area contributed by atoms with E-state index in [4.69, 9.17) is 9.47 Å². The minimum atomic E-state index is -0.267. The van der Waals surface area contributed by atoms with Crippen LogP contribution in [0.2, 0.25) is 0 Å². The molecule has 2 fully saturated rings. The van der Waals surface area contributed by atoms with Gasteiger partial charge in [-0.15, -0.1) is 0 Å². The Morgan fingerprint density at radius 2 is 2.05 bits per heavy atom. The van der Waals surface area contributed by atoms with Crippen molar-refractivity contribution in [3.8, 4) is 5.75 Å². The number of hydrogen-bond acceptors (Lipinski definition) is 3. The molecule has 2 unspecified atom stereocenters. The number of hydrogen-bond donors (Lipinski definition) is 1. The second-order valence-corrected chi connectivity index (χ2v) is 5.41. The Morgan fingerprint density at radius 3 is 2.84 bits per heavy atom. The monoisotopic (exact) mass is 265 g/mol. The fourth-order valence-corrected chi connectivity index (χ4v) is 2.38. The summed E-state index contributed by atoms with van der Waals surface area (Å²) in [5.41, 5.74) is 0. The topological polar surface area (TPSA) is 30.5 Å². The molecule has 0 bridgehead atoms. The summed E-state index contributed by atoms with van der Waals surface area (Å²) < 4.78 is 24.5. The Morgan fingerprint density at radius 1 is 1.21 bits per heavy atom. The summed E-state index contributed by atoms with van der Waals surface area (Å²) in [5, 5.41) is 3.48. The van der Waals surface area contributed by atoms with Gasteiger partial charge in [0.2, 0.25) is 0 Å². The molecule has 1 aromatic rings. The van der Waals surface area contributed by atoms with E-state index in [0.717, 1.165) is 25.4 Å². The van der Waals surface area contributed by atoms with Gasteiger partial charge in [0, 0.05) is 18.7 Å². The van der Waals surface area contributed by atoms with Crippen molar-refractivity contribution in [2.75, 3.05) is 13.2 Å². The van der Waals surface area contributed by atoms with Gasteiger partial charge < -0.3 is 14.8 Å². The molecule has 0 amide bonds. The van der Waals surface area contributed by atoms with Crippen molar-refractivity contribution in [2.45, 2.75) is 43.9 Å². The third-order valence-corrected chi connectivity index (χ3v) is 3.64. The molecule has 0 spiro atoms. The highest BCUT2D eigenvalue weighted by Crippen LogP contribution is 2.23. The van der Waals surface area contributed by atoms with Crippen molar-refractivity contribution in [1.29, 1.82) is 0 Å². The summed E-state index contributed by atoms with van der Waals surface area (Å²) in [4.78, 5) is 0. The van der Waals surface area contributed by atoms with Crippen LogP contribution in [-0.4, -0.2) is 31.4 Å². The predicted molar refractivity (Wildman–Crippen MR) is 70.8 cm³/mol. The van der Waals surface area contributed by atoms with Crippen molar-refractivity contribution < 1.29 is 13.9 Å². The highest BCUT2D eigenvalue weighted by Gasteiger charge is 2.28. The lowest BCUT2D eigenvalue weighted by Crippen LogP contribution is -2.29. The summed E-state index contributed by atoms with van der Waals surface area (Å²) in [6, 6.07) is 6.97. The van der Waals surface area contributed by atoms with E-state index in [1.807, 2.05) is 0 Å². The van der Waals surface area contributed by atoms with Crippen molar-refractivity contribution >= 4 is 0 Å². The first-order chi connectivity index (χ1) is 9.29. The van der Waals surface area contributed by atoms with Crippen molar-refractivity contribution in [2.24, 2.45) is 0 Å². The minimum absolute atomic E-state index is 0.134. The van der Waals surface area contributed by atoms with Crippen LogP contribution in [0.3, 0.4) is 0 Å². The molecule has 3 nitrogen and oxygen atoms in total. The normalized spacial score (nSPS) is 26.6. The smallest absolute Gasteiger partial charge is 0.126 e. The maximum Gasteiger partial charge on any atom is 0.126 e. The Hall–Kier alpha value is -1.13. The lowest BCUT2D eigenvalue weighted by Gasteiger charge is -2.15. The molecule has 1 saturated heterocycles. The number of halogens is 1. The zero-order chi connectivity index (χ0) is 13.1. The first kappa shape index (κ1) is 12.9.